The van der Waals surface area contributed by atoms with Crippen LogP contribution in [0.3, 0.4) is 0 Å². The van der Waals surface area contributed by atoms with Crippen LogP contribution in [-0.4, -0.2) is 44.3 Å². The van der Waals surface area contributed by atoms with E-state index >= 15 is 0 Å². The molecule has 0 spiro atoms. The van der Waals surface area contributed by atoms with Gasteiger partial charge in [0.25, 0.3) is 0 Å². The Balaban J connectivity index is 2.06. The van der Waals surface area contributed by atoms with Crippen molar-refractivity contribution in [2.45, 2.75) is 5.54 Å². The number of methoxy groups -OCH3 is 1. The smallest absolute Gasteiger partial charge is 0.247 e. The monoisotopic (exact) mass is 378 g/mol. The summed E-state index contributed by atoms with van der Waals surface area (Å²) in [6, 6.07) is 14.5. The Hall–Kier alpha value is -3.56. The Labute approximate surface area is 159 Å². The van der Waals surface area contributed by atoms with Crippen molar-refractivity contribution in [3.05, 3.63) is 54.4 Å². The van der Waals surface area contributed by atoms with E-state index in [1.165, 1.54) is 4.52 Å². The van der Waals surface area contributed by atoms with E-state index < -0.39 is 18.1 Å². The van der Waals surface area contributed by atoms with Gasteiger partial charge in [-0.1, -0.05) is 24.3 Å². The normalized spacial score (nSPS) is 13.5. The van der Waals surface area contributed by atoms with Crippen LogP contribution in [0.25, 0.3) is 27.9 Å². The van der Waals surface area contributed by atoms with Gasteiger partial charge in [0, 0.05) is 10.9 Å². The SMILES string of the molecule is COc1cccc(-c2nc3c4ccccc4nc([C@@](N)(CO)C(N)=O)n3n2)c1. The highest BCUT2D eigenvalue weighted by atomic mass is 16.5. The first-order chi connectivity index (χ1) is 13.5. The summed E-state index contributed by atoms with van der Waals surface area (Å²) in [5.74, 6) is 0.138. The molecule has 0 aliphatic rings. The Morgan fingerprint density at radius 2 is 2.00 bits per heavy atom. The number of carbonyl (C=O) groups is 1. The highest BCUT2D eigenvalue weighted by molar-refractivity contribution is 5.93. The lowest BCUT2D eigenvalue weighted by Crippen LogP contribution is -2.53. The van der Waals surface area contributed by atoms with Gasteiger partial charge in [-0.05, 0) is 24.3 Å². The molecule has 1 amide bonds. The standard InChI is InChI=1S/C19H18N6O3/c1-28-12-6-4-5-11(9-12)15-23-16-13-7-2-3-8-14(13)22-18(25(16)24-15)19(21,10-26)17(20)27/h2-9,26H,10,21H2,1H3,(H2,20,27)/t19-/m1/s1. The maximum absolute atomic E-state index is 12.0. The number of aliphatic hydroxyl groups excluding tert-OH is 1. The van der Waals surface area contributed by atoms with Crippen LogP contribution < -0.4 is 16.2 Å². The molecule has 9 nitrogen and oxygen atoms in total. The summed E-state index contributed by atoms with van der Waals surface area (Å²) in [5, 5.41) is 15.0. The van der Waals surface area contributed by atoms with Gasteiger partial charge in [-0.15, -0.1) is 5.10 Å². The fraction of sp³-hybridized carbons (Fsp3) is 0.158. The third-order valence-electron chi connectivity index (χ3n) is 4.60. The first-order valence-corrected chi connectivity index (χ1v) is 8.48. The van der Waals surface area contributed by atoms with E-state index in [0.29, 0.717) is 28.3 Å². The molecule has 9 heteroatoms. The molecule has 0 unspecified atom stereocenters. The molecule has 4 rings (SSSR count). The summed E-state index contributed by atoms with van der Waals surface area (Å²) in [6.45, 7) is -0.725. The summed E-state index contributed by atoms with van der Waals surface area (Å²) in [5.41, 5.74) is 11.4. The minimum absolute atomic E-state index is 0.0119. The van der Waals surface area contributed by atoms with Crippen LogP contribution in [0.5, 0.6) is 5.75 Å². The van der Waals surface area contributed by atoms with Crippen molar-refractivity contribution in [1.82, 2.24) is 19.6 Å². The van der Waals surface area contributed by atoms with E-state index in [1.54, 1.807) is 25.3 Å². The van der Waals surface area contributed by atoms with Crippen molar-refractivity contribution >= 4 is 22.5 Å². The van der Waals surface area contributed by atoms with Gasteiger partial charge in [-0.2, -0.15) is 4.52 Å². The zero-order valence-corrected chi connectivity index (χ0v) is 15.0. The second-order valence-electron chi connectivity index (χ2n) is 6.35. The van der Waals surface area contributed by atoms with Crippen LogP contribution in [0.15, 0.2) is 48.5 Å². The van der Waals surface area contributed by atoms with Gasteiger partial charge in [-0.3, -0.25) is 4.79 Å². The molecule has 5 N–H and O–H groups in total. The second-order valence-corrected chi connectivity index (χ2v) is 6.35. The fourth-order valence-corrected chi connectivity index (χ4v) is 2.99. The van der Waals surface area contributed by atoms with Gasteiger partial charge in [0.1, 0.15) is 5.75 Å². The van der Waals surface area contributed by atoms with E-state index in [9.17, 15) is 9.90 Å². The minimum Gasteiger partial charge on any atom is -0.497 e. The van der Waals surface area contributed by atoms with Crippen LogP contribution in [0.1, 0.15) is 5.82 Å². The Kier molecular flexibility index (Phi) is 4.17. The zero-order chi connectivity index (χ0) is 19.9. The number of para-hydroxylation sites is 1. The van der Waals surface area contributed by atoms with Gasteiger partial charge in [0.15, 0.2) is 22.8 Å². The number of rotatable bonds is 5. The number of fused-ring (bicyclic) bond motifs is 3. The van der Waals surface area contributed by atoms with E-state index in [1.807, 2.05) is 30.3 Å². The van der Waals surface area contributed by atoms with Crippen molar-refractivity contribution in [2.75, 3.05) is 13.7 Å². The molecule has 0 aliphatic carbocycles. The molecule has 0 saturated heterocycles. The van der Waals surface area contributed by atoms with Gasteiger partial charge < -0.3 is 21.3 Å². The molecule has 2 aromatic carbocycles. The molecule has 0 bridgehead atoms. The van der Waals surface area contributed by atoms with Crippen LogP contribution >= 0.6 is 0 Å². The van der Waals surface area contributed by atoms with E-state index in [4.69, 9.17) is 16.2 Å². The summed E-state index contributed by atoms with van der Waals surface area (Å²) in [6.07, 6.45) is 0. The lowest BCUT2D eigenvalue weighted by atomic mass is 10.00. The molecule has 1 atom stereocenters. The number of nitrogens with zero attached hydrogens (tertiary/aromatic N) is 4. The largest absolute Gasteiger partial charge is 0.497 e. The molecular formula is C19H18N6O3. The molecule has 0 saturated carbocycles. The summed E-state index contributed by atoms with van der Waals surface area (Å²) in [7, 11) is 1.57. The first kappa shape index (κ1) is 17.8. The molecule has 142 valence electrons. The fourth-order valence-electron chi connectivity index (χ4n) is 2.99. The summed E-state index contributed by atoms with van der Waals surface area (Å²) < 4.78 is 6.62. The van der Waals surface area contributed by atoms with Crippen molar-refractivity contribution < 1.29 is 14.6 Å². The van der Waals surface area contributed by atoms with Crippen molar-refractivity contribution in [1.29, 1.82) is 0 Å². The van der Waals surface area contributed by atoms with Crippen LogP contribution in [-0.2, 0) is 10.3 Å². The second kappa shape index (κ2) is 6.55. The highest BCUT2D eigenvalue weighted by Crippen LogP contribution is 2.27. The summed E-state index contributed by atoms with van der Waals surface area (Å²) >= 11 is 0. The van der Waals surface area contributed by atoms with Crippen LogP contribution in [0, 0.1) is 0 Å². The molecule has 2 aromatic heterocycles. The third kappa shape index (κ3) is 2.65. The van der Waals surface area contributed by atoms with Crippen LogP contribution in [0.2, 0.25) is 0 Å². The lowest BCUT2D eigenvalue weighted by molar-refractivity contribution is -0.125. The van der Waals surface area contributed by atoms with E-state index in [2.05, 4.69) is 15.1 Å². The number of primary amides is 1. The maximum Gasteiger partial charge on any atom is 0.247 e. The predicted octanol–water partition coefficient (Wildman–Crippen LogP) is 0.585. The highest BCUT2D eigenvalue weighted by Gasteiger charge is 2.39. The van der Waals surface area contributed by atoms with Crippen molar-refractivity contribution in [3.8, 4) is 17.1 Å². The number of aliphatic hydroxyl groups is 1. The van der Waals surface area contributed by atoms with Gasteiger partial charge in [0.05, 0.1) is 19.2 Å². The number of ether oxygens (including phenoxy) is 1. The van der Waals surface area contributed by atoms with Gasteiger partial charge in [0.2, 0.25) is 5.91 Å². The molecule has 0 fully saturated rings. The number of nitrogens with two attached hydrogens (primary N) is 2. The quantitative estimate of drug-likeness (QED) is 0.461. The van der Waals surface area contributed by atoms with E-state index in [0.717, 1.165) is 5.39 Å². The first-order valence-electron chi connectivity index (χ1n) is 8.48. The van der Waals surface area contributed by atoms with Gasteiger partial charge >= 0.3 is 0 Å². The van der Waals surface area contributed by atoms with Crippen molar-refractivity contribution in [3.63, 3.8) is 0 Å². The Morgan fingerprint density at radius 3 is 2.71 bits per heavy atom. The molecular weight excluding hydrogens is 360 g/mol. The molecule has 28 heavy (non-hydrogen) atoms. The molecule has 2 heterocycles. The third-order valence-corrected chi connectivity index (χ3v) is 4.60. The number of carbonyl (C=O) groups excluding carboxylic acids is 1. The number of benzene rings is 2. The topological polar surface area (TPSA) is 142 Å². The number of aromatic nitrogens is 4. The molecule has 4 aromatic rings. The zero-order valence-electron chi connectivity index (χ0n) is 15.0. The Bertz CT molecular complexity index is 1200. The Morgan fingerprint density at radius 1 is 1.21 bits per heavy atom. The van der Waals surface area contributed by atoms with Crippen molar-refractivity contribution in [2.24, 2.45) is 11.5 Å². The van der Waals surface area contributed by atoms with Gasteiger partial charge in [-0.25, -0.2) is 9.97 Å². The average Bonchev–Trinajstić information content (AvgIpc) is 3.18. The number of amides is 1. The maximum atomic E-state index is 12.0. The van der Waals surface area contributed by atoms with Crippen LogP contribution in [0.4, 0.5) is 0 Å². The lowest BCUT2D eigenvalue weighted by Gasteiger charge is -2.23. The molecule has 0 radical (unpaired) electrons. The summed E-state index contributed by atoms with van der Waals surface area (Å²) in [4.78, 5) is 21.1. The van der Waals surface area contributed by atoms with E-state index in [-0.39, 0.29) is 5.82 Å². The average molecular weight is 378 g/mol. The molecule has 0 aliphatic heterocycles. The number of hydrogen-bond acceptors (Lipinski definition) is 7. The minimum atomic E-state index is -1.92. The number of hydrogen-bond donors (Lipinski definition) is 3. The predicted molar refractivity (Wildman–Crippen MR) is 102 cm³/mol.